The van der Waals surface area contributed by atoms with Crippen molar-refractivity contribution in [3.05, 3.63) is 29.3 Å². The SMILES string of the molecule is CCc1ccc(F)c(N)c1F. The van der Waals surface area contributed by atoms with Crippen LogP contribution in [0.5, 0.6) is 0 Å². The van der Waals surface area contributed by atoms with E-state index in [1.807, 2.05) is 0 Å². The van der Waals surface area contributed by atoms with Crippen LogP contribution in [0.15, 0.2) is 12.1 Å². The molecule has 0 saturated carbocycles. The summed E-state index contributed by atoms with van der Waals surface area (Å²) >= 11 is 0. The lowest BCUT2D eigenvalue weighted by Gasteiger charge is -2.02. The van der Waals surface area contributed by atoms with Gasteiger partial charge in [0.1, 0.15) is 11.5 Å². The third kappa shape index (κ3) is 1.31. The molecule has 3 heteroatoms. The maximum Gasteiger partial charge on any atom is 0.152 e. The quantitative estimate of drug-likeness (QED) is 0.621. The van der Waals surface area contributed by atoms with E-state index in [2.05, 4.69) is 0 Å². The van der Waals surface area contributed by atoms with Gasteiger partial charge in [0.2, 0.25) is 0 Å². The average Bonchev–Trinajstić information content (AvgIpc) is 2.01. The maximum absolute atomic E-state index is 12.9. The largest absolute Gasteiger partial charge is 0.394 e. The smallest absolute Gasteiger partial charge is 0.152 e. The van der Waals surface area contributed by atoms with Crippen LogP contribution in [0.1, 0.15) is 12.5 Å². The zero-order valence-electron chi connectivity index (χ0n) is 6.20. The van der Waals surface area contributed by atoms with E-state index < -0.39 is 11.6 Å². The second kappa shape index (κ2) is 2.86. The Labute approximate surface area is 63.8 Å². The molecule has 1 rings (SSSR count). The van der Waals surface area contributed by atoms with Crippen molar-refractivity contribution >= 4 is 5.69 Å². The molecule has 0 aliphatic carbocycles. The molecule has 0 amide bonds. The van der Waals surface area contributed by atoms with E-state index in [4.69, 9.17) is 5.73 Å². The van der Waals surface area contributed by atoms with Crippen LogP contribution in [0.2, 0.25) is 0 Å². The first-order chi connectivity index (χ1) is 5.16. The molecule has 0 radical (unpaired) electrons. The van der Waals surface area contributed by atoms with Crippen molar-refractivity contribution in [1.29, 1.82) is 0 Å². The van der Waals surface area contributed by atoms with Crippen molar-refractivity contribution < 1.29 is 8.78 Å². The highest BCUT2D eigenvalue weighted by atomic mass is 19.1. The summed E-state index contributed by atoms with van der Waals surface area (Å²) < 4.78 is 25.4. The van der Waals surface area contributed by atoms with Crippen molar-refractivity contribution in [1.82, 2.24) is 0 Å². The molecule has 0 atom stereocenters. The molecule has 0 fully saturated rings. The fraction of sp³-hybridized carbons (Fsp3) is 0.250. The van der Waals surface area contributed by atoms with Crippen LogP contribution in [0.25, 0.3) is 0 Å². The molecule has 2 N–H and O–H groups in total. The number of hydrogen-bond donors (Lipinski definition) is 1. The van der Waals surface area contributed by atoms with Gasteiger partial charge in [0.15, 0.2) is 5.82 Å². The Morgan fingerprint density at radius 1 is 1.36 bits per heavy atom. The molecule has 11 heavy (non-hydrogen) atoms. The van der Waals surface area contributed by atoms with E-state index in [1.165, 1.54) is 12.1 Å². The third-order valence-corrected chi connectivity index (χ3v) is 1.59. The first-order valence-corrected chi connectivity index (χ1v) is 3.39. The van der Waals surface area contributed by atoms with E-state index in [1.54, 1.807) is 6.92 Å². The minimum absolute atomic E-state index is 0.385. The monoisotopic (exact) mass is 157 g/mol. The number of rotatable bonds is 1. The van der Waals surface area contributed by atoms with E-state index >= 15 is 0 Å². The Hall–Kier alpha value is -1.12. The molecule has 0 heterocycles. The van der Waals surface area contributed by atoms with Gasteiger partial charge in [0.25, 0.3) is 0 Å². The summed E-state index contributed by atoms with van der Waals surface area (Å²) in [5.41, 5.74) is 5.17. The Morgan fingerprint density at radius 3 is 2.55 bits per heavy atom. The Kier molecular flexibility index (Phi) is 2.08. The third-order valence-electron chi connectivity index (χ3n) is 1.59. The summed E-state index contributed by atoms with van der Waals surface area (Å²) in [6.45, 7) is 1.79. The number of halogens is 2. The van der Waals surface area contributed by atoms with Gasteiger partial charge in [0, 0.05) is 0 Å². The van der Waals surface area contributed by atoms with Crippen LogP contribution in [0.4, 0.5) is 14.5 Å². The zero-order chi connectivity index (χ0) is 8.43. The van der Waals surface area contributed by atoms with Gasteiger partial charge < -0.3 is 5.73 Å². The Balaban J connectivity index is 3.25. The van der Waals surface area contributed by atoms with Crippen molar-refractivity contribution in [2.75, 3.05) is 5.73 Å². The van der Waals surface area contributed by atoms with Crippen LogP contribution in [-0.4, -0.2) is 0 Å². The fourth-order valence-electron chi connectivity index (χ4n) is 0.888. The molecule has 0 aliphatic heterocycles. The molecule has 0 aromatic heterocycles. The van der Waals surface area contributed by atoms with Gasteiger partial charge in [-0.15, -0.1) is 0 Å². The van der Waals surface area contributed by atoms with Crippen LogP contribution >= 0.6 is 0 Å². The van der Waals surface area contributed by atoms with Crippen molar-refractivity contribution in [3.8, 4) is 0 Å². The van der Waals surface area contributed by atoms with Gasteiger partial charge in [-0.2, -0.15) is 0 Å². The van der Waals surface area contributed by atoms with Crippen LogP contribution < -0.4 is 5.73 Å². The number of nitrogen functional groups attached to an aromatic ring is 1. The van der Waals surface area contributed by atoms with Gasteiger partial charge >= 0.3 is 0 Å². The lowest BCUT2D eigenvalue weighted by molar-refractivity contribution is 0.582. The average molecular weight is 157 g/mol. The lowest BCUT2D eigenvalue weighted by atomic mass is 10.1. The lowest BCUT2D eigenvalue weighted by Crippen LogP contribution is -1.98. The summed E-state index contributed by atoms with van der Waals surface area (Å²) in [6.07, 6.45) is 0.524. The molecule has 0 spiro atoms. The minimum Gasteiger partial charge on any atom is -0.394 e. The van der Waals surface area contributed by atoms with Crippen molar-refractivity contribution in [2.45, 2.75) is 13.3 Å². The van der Waals surface area contributed by atoms with Crippen molar-refractivity contribution in [2.24, 2.45) is 0 Å². The second-order valence-corrected chi connectivity index (χ2v) is 2.29. The van der Waals surface area contributed by atoms with E-state index in [0.717, 1.165) is 0 Å². The molecule has 1 nitrogen and oxygen atoms in total. The van der Waals surface area contributed by atoms with Crippen LogP contribution in [0.3, 0.4) is 0 Å². The molecule has 1 aromatic rings. The summed E-state index contributed by atoms with van der Waals surface area (Å²) in [7, 11) is 0. The van der Waals surface area contributed by atoms with Crippen LogP contribution in [0, 0.1) is 11.6 Å². The second-order valence-electron chi connectivity index (χ2n) is 2.29. The van der Waals surface area contributed by atoms with Gasteiger partial charge in [-0.1, -0.05) is 13.0 Å². The van der Waals surface area contributed by atoms with Crippen molar-refractivity contribution in [3.63, 3.8) is 0 Å². The first-order valence-electron chi connectivity index (χ1n) is 3.39. The molecule has 1 aromatic carbocycles. The number of anilines is 1. The predicted molar refractivity (Wildman–Crippen MR) is 40.1 cm³/mol. The topological polar surface area (TPSA) is 26.0 Å². The van der Waals surface area contributed by atoms with Gasteiger partial charge in [-0.25, -0.2) is 8.78 Å². The number of hydrogen-bond acceptors (Lipinski definition) is 1. The van der Waals surface area contributed by atoms with Gasteiger partial charge in [-0.3, -0.25) is 0 Å². The summed E-state index contributed by atoms with van der Waals surface area (Å²) in [5.74, 6) is -1.33. The first kappa shape index (κ1) is 7.98. The van der Waals surface area contributed by atoms with Gasteiger partial charge in [-0.05, 0) is 18.1 Å². The van der Waals surface area contributed by atoms with E-state index in [9.17, 15) is 8.78 Å². The number of aryl methyl sites for hydroxylation is 1. The summed E-state index contributed by atoms with van der Waals surface area (Å²) in [6, 6.07) is 2.58. The minimum atomic E-state index is -0.695. The molecular formula is C8H9F2N. The fourth-order valence-corrected chi connectivity index (χ4v) is 0.888. The molecule has 0 unspecified atom stereocenters. The van der Waals surface area contributed by atoms with Crippen LogP contribution in [-0.2, 0) is 6.42 Å². The van der Waals surface area contributed by atoms with E-state index in [-0.39, 0.29) is 5.69 Å². The summed E-state index contributed by atoms with van der Waals surface area (Å²) in [5, 5.41) is 0. The highest BCUT2D eigenvalue weighted by Gasteiger charge is 2.07. The maximum atomic E-state index is 12.9. The summed E-state index contributed by atoms with van der Waals surface area (Å²) in [4.78, 5) is 0. The highest BCUT2D eigenvalue weighted by molar-refractivity contribution is 5.44. The molecule has 0 saturated heterocycles. The molecular weight excluding hydrogens is 148 g/mol. The number of nitrogens with two attached hydrogens (primary N) is 1. The Bertz CT molecular complexity index is 271. The standard InChI is InChI=1S/C8H9F2N/c1-2-5-3-4-6(9)8(11)7(5)10/h3-4H,2,11H2,1H3. The van der Waals surface area contributed by atoms with E-state index in [0.29, 0.717) is 12.0 Å². The number of benzene rings is 1. The zero-order valence-corrected chi connectivity index (χ0v) is 6.20. The molecule has 0 bridgehead atoms. The normalized spacial score (nSPS) is 10.1. The predicted octanol–water partition coefficient (Wildman–Crippen LogP) is 2.11. The highest BCUT2D eigenvalue weighted by Crippen LogP contribution is 2.18. The van der Waals surface area contributed by atoms with Gasteiger partial charge in [0.05, 0.1) is 0 Å². The molecule has 60 valence electrons. The Morgan fingerprint density at radius 2 is 2.00 bits per heavy atom. The molecule has 0 aliphatic rings.